The van der Waals surface area contributed by atoms with E-state index in [2.05, 4.69) is 0 Å². The van der Waals surface area contributed by atoms with Crippen LogP contribution in [0.2, 0.25) is 0 Å². The SMILES string of the molecule is CC(C)[C@H](O)[C@@H](N)CO. The first-order chi connectivity index (χ1) is 4.09. The molecule has 0 radical (unpaired) electrons. The summed E-state index contributed by atoms with van der Waals surface area (Å²) in [7, 11) is 0. The number of hydrogen-bond donors (Lipinski definition) is 3. The van der Waals surface area contributed by atoms with Crippen LogP contribution in [0.5, 0.6) is 0 Å². The van der Waals surface area contributed by atoms with Gasteiger partial charge < -0.3 is 15.9 Å². The molecule has 3 heteroatoms. The van der Waals surface area contributed by atoms with Crippen molar-refractivity contribution in [3.63, 3.8) is 0 Å². The summed E-state index contributed by atoms with van der Waals surface area (Å²) in [6.45, 7) is 3.57. The highest BCUT2D eigenvalue weighted by molar-refractivity contribution is 4.72. The van der Waals surface area contributed by atoms with Gasteiger partial charge in [-0.15, -0.1) is 0 Å². The molecule has 56 valence electrons. The van der Waals surface area contributed by atoms with Crippen molar-refractivity contribution in [1.82, 2.24) is 0 Å². The Hall–Kier alpha value is -0.120. The van der Waals surface area contributed by atoms with Crippen LogP contribution in [0.4, 0.5) is 0 Å². The zero-order valence-electron chi connectivity index (χ0n) is 5.91. The molecule has 4 N–H and O–H groups in total. The van der Waals surface area contributed by atoms with Gasteiger partial charge in [-0.05, 0) is 5.92 Å². The molecule has 0 unspecified atom stereocenters. The van der Waals surface area contributed by atoms with Gasteiger partial charge in [-0.25, -0.2) is 0 Å². The van der Waals surface area contributed by atoms with Gasteiger partial charge in [0.25, 0.3) is 0 Å². The molecule has 0 aromatic carbocycles. The highest BCUT2D eigenvalue weighted by Gasteiger charge is 2.16. The van der Waals surface area contributed by atoms with Gasteiger partial charge in [0.2, 0.25) is 0 Å². The van der Waals surface area contributed by atoms with Crippen molar-refractivity contribution in [2.45, 2.75) is 26.0 Å². The average molecular weight is 133 g/mol. The van der Waals surface area contributed by atoms with Gasteiger partial charge in [-0.3, -0.25) is 0 Å². The van der Waals surface area contributed by atoms with Gasteiger partial charge in [0.1, 0.15) is 0 Å². The van der Waals surface area contributed by atoms with E-state index in [1.165, 1.54) is 0 Å². The lowest BCUT2D eigenvalue weighted by Crippen LogP contribution is -2.40. The predicted molar refractivity (Wildman–Crippen MR) is 35.9 cm³/mol. The van der Waals surface area contributed by atoms with Crippen LogP contribution in [0.25, 0.3) is 0 Å². The molecule has 0 heterocycles. The second-order valence-electron chi connectivity index (χ2n) is 2.58. The Balaban J connectivity index is 3.58. The second-order valence-corrected chi connectivity index (χ2v) is 2.58. The number of aliphatic hydroxyl groups is 2. The molecule has 2 atom stereocenters. The predicted octanol–water partition coefficient (Wildman–Crippen LogP) is -0.677. The second kappa shape index (κ2) is 3.82. The molecular formula is C6H15NO2. The summed E-state index contributed by atoms with van der Waals surface area (Å²) in [5.41, 5.74) is 5.32. The third kappa shape index (κ3) is 2.79. The Labute approximate surface area is 55.5 Å². The summed E-state index contributed by atoms with van der Waals surface area (Å²) in [6.07, 6.45) is -0.588. The van der Waals surface area contributed by atoms with Crippen molar-refractivity contribution in [3.8, 4) is 0 Å². The fourth-order valence-electron chi connectivity index (χ4n) is 0.602. The van der Waals surface area contributed by atoms with E-state index in [1.807, 2.05) is 13.8 Å². The third-order valence-electron chi connectivity index (χ3n) is 1.33. The largest absolute Gasteiger partial charge is 0.395 e. The zero-order chi connectivity index (χ0) is 7.44. The molecule has 0 aliphatic carbocycles. The minimum atomic E-state index is -0.588. The van der Waals surface area contributed by atoms with Crippen molar-refractivity contribution in [3.05, 3.63) is 0 Å². The molecule has 0 spiro atoms. The molecule has 0 amide bonds. The van der Waals surface area contributed by atoms with Gasteiger partial charge in [0, 0.05) is 0 Å². The monoisotopic (exact) mass is 133 g/mol. The van der Waals surface area contributed by atoms with E-state index in [1.54, 1.807) is 0 Å². The minimum absolute atomic E-state index is 0.118. The van der Waals surface area contributed by atoms with Crippen LogP contribution in [-0.2, 0) is 0 Å². The Morgan fingerprint density at radius 3 is 2.00 bits per heavy atom. The standard InChI is InChI=1S/C6H15NO2/c1-4(2)6(9)5(7)3-8/h4-6,8-9H,3,7H2,1-2H3/t5-,6-/m0/s1. The Morgan fingerprint density at radius 1 is 1.44 bits per heavy atom. The molecule has 0 saturated heterocycles. The molecule has 3 nitrogen and oxygen atoms in total. The molecule has 0 fully saturated rings. The highest BCUT2D eigenvalue weighted by atomic mass is 16.3. The van der Waals surface area contributed by atoms with E-state index in [0.717, 1.165) is 0 Å². The number of nitrogens with two attached hydrogens (primary N) is 1. The van der Waals surface area contributed by atoms with Crippen LogP contribution >= 0.6 is 0 Å². The highest BCUT2D eigenvalue weighted by Crippen LogP contribution is 2.03. The van der Waals surface area contributed by atoms with Gasteiger partial charge in [0.05, 0.1) is 18.8 Å². The van der Waals surface area contributed by atoms with Gasteiger partial charge in [0.15, 0.2) is 0 Å². The summed E-state index contributed by atoms with van der Waals surface area (Å²) in [6, 6.07) is -0.495. The Bertz CT molecular complexity index is 75.5. The molecule has 0 rings (SSSR count). The first kappa shape index (κ1) is 8.88. The number of aliphatic hydroxyl groups excluding tert-OH is 2. The maximum absolute atomic E-state index is 9.11. The fourth-order valence-corrected chi connectivity index (χ4v) is 0.602. The van der Waals surface area contributed by atoms with E-state index in [4.69, 9.17) is 15.9 Å². The zero-order valence-corrected chi connectivity index (χ0v) is 5.91. The van der Waals surface area contributed by atoms with Crippen LogP contribution in [0.3, 0.4) is 0 Å². The lowest BCUT2D eigenvalue weighted by atomic mass is 10.0. The topological polar surface area (TPSA) is 66.5 Å². The lowest BCUT2D eigenvalue weighted by molar-refractivity contribution is 0.0718. The maximum atomic E-state index is 9.11. The third-order valence-corrected chi connectivity index (χ3v) is 1.33. The maximum Gasteiger partial charge on any atom is 0.0736 e. The summed E-state index contributed by atoms with van der Waals surface area (Å²) in [5, 5.41) is 17.6. The van der Waals surface area contributed by atoms with Crippen LogP contribution in [0.1, 0.15) is 13.8 Å². The molecule has 0 saturated carbocycles. The van der Waals surface area contributed by atoms with E-state index in [9.17, 15) is 0 Å². The van der Waals surface area contributed by atoms with Crippen molar-refractivity contribution >= 4 is 0 Å². The molecule has 0 aromatic rings. The molecule has 9 heavy (non-hydrogen) atoms. The van der Waals surface area contributed by atoms with E-state index in [-0.39, 0.29) is 12.5 Å². The Morgan fingerprint density at radius 2 is 1.89 bits per heavy atom. The number of hydrogen-bond acceptors (Lipinski definition) is 3. The van der Waals surface area contributed by atoms with E-state index in [0.29, 0.717) is 0 Å². The molecule has 0 aromatic heterocycles. The molecular weight excluding hydrogens is 118 g/mol. The summed E-state index contributed by atoms with van der Waals surface area (Å²) in [5.74, 6) is 0.118. The molecule has 0 aliphatic rings. The van der Waals surface area contributed by atoms with Crippen molar-refractivity contribution in [2.24, 2.45) is 11.7 Å². The van der Waals surface area contributed by atoms with Gasteiger partial charge in [-0.2, -0.15) is 0 Å². The summed E-state index contributed by atoms with van der Waals surface area (Å²) in [4.78, 5) is 0. The lowest BCUT2D eigenvalue weighted by Gasteiger charge is -2.19. The van der Waals surface area contributed by atoms with Crippen LogP contribution in [0, 0.1) is 5.92 Å². The van der Waals surface area contributed by atoms with E-state index < -0.39 is 12.1 Å². The first-order valence-corrected chi connectivity index (χ1v) is 3.14. The van der Waals surface area contributed by atoms with Crippen LogP contribution in [0.15, 0.2) is 0 Å². The number of rotatable bonds is 3. The average Bonchev–Trinajstić information content (AvgIpc) is 1.84. The fraction of sp³-hybridized carbons (Fsp3) is 1.00. The van der Waals surface area contributed by atoms with Gasteiger partial charge >= 0.3 is 0 Å². The van der Waals surface area contributed by atoms with Crippen molar-refractivity contribution in [1.29, 1.82) is 0 Å². The smallest absolute Gasteiger partial charge is 0.0736 e. The Kier molecular flexibility index (Phi) is 3.77. The van der Waals surface area contributed by atoms with Gasteiger partial charge in [-0.1, -0.05) is 13.8 Å². The first-order valence-electron chi connectivity index (χ1n) is 3.14. The van der Waals surface area contributed by atoms with Crippen LogP contribution < -0.4 is 5.73 Å². The molecule has 0 bridgehead atoms. The molecule has 0 aliphatic heterocycles. The minimum Gasteiger partial charge on any atom is -0.395 e. The van der Waals surface area contributed by atoms with Crippen LogP contribution in [-0.4, -0.2) is 29.0 Å². The van der Waals surface area contributed by atoms with Crippen molar-refractivity contribution < 1.29 is 10.2 Å². The summed E-state index contributed by atoms with van der Waals surface area (Å²) >= 11 is 0. The normalized spacial score (nSPS) is 18.0. The quantitative estimate of drug-likeness (QED) is 0.478. The van der Waals surface area contributed by atoms with E-state index >= 15 is 0 Å². The summed E-state index contributed by atoms with van der Waals surface area (Å²) < 4.78 is 0. The van der Waals surface area contributed by atoms with Crippen molar-refractivity contribution in [2.75, 3.05) is 6.61 Å².